The molecule has 0 saturated carbocycles. The maximum atomic E-state index is 11.2. The minimum absolute atomic E-state index is 0.351. The van der Waals surface area contributed by atoms with Gasteiger partial charge in [-0.3, -0.25) is 0 Å². The Morgan fingerprint density at radius 3 is 2.92 bits per heavy atom. The van der Waals surface area contributed by atoms with Gasteiger partial charge in [-0.25, -0.2) is 9.78 Å². The normalized spacial score (nSPS) is 9.83. The SMILES string of the molecule is Bc1nc(P)[nH]c1C(=O)OCC. The monoisotopic (exact) mass is 184 g/mol. The number of esters is 1. The summed E-state index contributed by atoms with van der Waals surface area (Å²) in [5.74, 6) is -0.351. The number of imidazole rings is 1. The molecular formula is C6H10BN2O2P. The van der Waals surface area contributed by atoms with Crippen molar-refractivity contribution in [2.75, 3.05) is 6.61 Å². The lowest BCUT2D eigenvalue weighted by molar-refractivity contribution is 0.0522. The fourth-order valence-electron chi connectivity index (χ4n) is 0.885. The summed E-state index contributed by atoms with van der Waals surface area (Å²) in [6, 6.07) is 0. The van der Waals surface area contributed by atoms with Crippen LogP contribution >= 0.6 is 9.24 Å². The average molecular weight is 184 g/mol. The molecular weight excluding hydrogens is 174 g/mol. The molecule has 0 bridgehead atoms. The van der Waals surface area contributed by atoms with E-state index in [4.69, 9.17) is 4.74 Å². The Hall–Kier alpha value is -0.825. The lowest BCUT2D eigenvalue weighted by atomic mass is 10.0. The van der Waals surface area contributed by atoms with Crippen molar-refractivity contribution < 1.29 is 9.53 Å². The van der Waals surface area contributed by atoms with Crippen molar-refractivity contribution in [2.45, 2.75) is 6.92 Å². The van der Waals surface area contributed by atoms with Crippen LogP contribution in [-0.2, 0) is 4.74 Å². The van der Waals surface area contributed by atoms with E-state index in [1.165, 1.54) is 0 Å². The van der Waals surface area contributed by atoms with E-state index < -0.39 is 0 Å². The molecule has 1 unspecified atom stereocenters. The van der Waals surface area contributed by atoms with Crippen LogP contribution in [0.1, 0.15) is 17.4 Å². The van der Waals surface area contributed by atoms with E-state index in [9.17, 15) is 4.79 Å². The van der Waals surface area contributed by atoms with Crippen molar-refractivity contribution >= 4 is 34.2 Å². The van der Waals surface area contributed by atoms with Gasteiger partial charge in [0.1, 0.15) is 11.3 Å². The number of hydrogen-bond donors (Lipinski definition) is 1. The minimum atomic E-state index is -0.351. The number of nitrogens with one attached hydrogen (secondary N) is 1. The zero-order valence-electron chi connectivity index (χ0n) is 7.05. The second-order valence-electron chi connectivity index (χ2n) is 2.30. The summed E-state index contributed by atoms with van der Waals surface area (Å²) in [6.45, 7) is 2.15. The first-order chi connectivity index (χ1) is 5.65. The Morgan fingerprint density at radius 2 is 2.50 bits per heavy atom. The molecule has 0 radical (unpaired) electrons. The van der Waals surface area contributed by atoms with Crippen molar-refractivity contribution in [1.82, 2.24) is 9.97 Å². The van der Waals surface area contributed by atoms with Gasteiger partial charge in [0, 0.05) is 5.59 Å². The summed E-state index contributed by atoms with van der Waals surface area (Å²) in [6.07, 6.45) is 0. The van der Waals surface area contributed by atoms with Gasteiger partial charge in [-0.1, -0.05) is 9.24 Å². The summed E-state index contributed by atoms with van der Waals surface area (Å²) in [4.78, 5) is 18.0. The maximum Gasteiger partial charge on any atom is 0.355 e. The van der Waals surface area contributed by atoms with Crippen LogP contribution in [0.2, 0.25) is 0 Å². The Morgan fingerprint density at radius 1 is 1.83 bits per heavy atom. The van der Waals surface area contributed by atoms with Gasteiger partial charge in [0.25, 0.3) is 0 Å². The van der Waals surface area contributed by atoms with Crippen LogP contribution < -0.4 is 11.2 Å². The maximum absolute atomic E-state index is 11.2. The van der Waals surface area contributed by atoms with E-state index in [0.717, 1.165) is 0 Å². The fourth-order valence-corrected chi connectivity index (χ4v) is 1.22. The van der Waals surface area contributed by atoms with Crippen LogP contribution in [0.25, 0.3) is 0 Å². The number of rotatable bonds is 2. The van der Waals surface area contributed by atoms with Gasteiger partial charge in [-0.2, -0.15) is 0 Å². The smallest absolute Gasteiger partial charge is 0.355 e. The van der Waals surface area contributed by atoms with E-state index in [2.05, 4.69) is 19.2 Å². The molecule has 0 spiro atoms. The van der Waals surface area contributed by atoms with E-state index in [1.54, 1.807) is 14.8 Å². The summed E-state index contributed by atoms with van der Waals surface area (Å²) < 4.78 is 4.80. The first-order valence-corrected chi connectivity index (χ1v) is 4.22. The van der Waals surface area contributed by atoms with Gasteiger partial charge in [-0.15, -0.1) is 0 Å². The van der Waals surface area contributed by atoms with Crippen LogP contribution in [0.4, 0.5) is 0 Å². The molecule has 64 valence electrons. The molecule has 1 heterocycles. The number of H-pyrrole nitrogens is 1. The third-order valence-corrected chi connectivity index (χ3v) is 1.66. The molecule has 0 saturated heterocycles. The topological polar surface area (TPSA) is 55.0 Å². The van der Waals surface area contributed by atoms with E-state index in [-0.39, 0.29) is 5.97 Å². The van der Waals surface area contributed by atoms with Gasteiger partial charge in [-0.05, 0) is 6.92 Å². The highest BCUT2D eigenvalue weighted by Gasteiger charge is 2.12. The number of carbonyl (C=O) groups is 1. The van der Waals surface area contributed by atoms with Crippen molar-refractivity contribution in [3.63, 3.8) is 0 Å². The molecule has 4 nitrogen and oxygen atoms in total. The second kappa shape index (κ2) is 3.72. The number of carbonyl (C=O) groups excluding carboxylic acids is 1. The molecule has 1 rings (SSSR count). The molecule has 0 aromatic carbocycles. The fraction of sp³-hybridized carbons (Fsp3) is 0.333. The zero-order chi connectivity index (χ0) is 9.14. The molecule has 0 aliphatic carbocycles. The third-order valence-electron chi connectivity index (χ3n) is 1.38. The predicted octanol–water partition coefficient (Wildman–Crippen LogP) is -1.65. The minimum Gasteiger partial charge on any atom is -0.461 e. The Labute approximate surface area is 73.7 Å². The van der Waals surface area contributed by atoms with Crippen LogP contribution in [0.3, 0.4) is 0 Å². The summed E-state index contributed by atoms with van der Waals surface area (Å²) >= 11 is 0. The average Bonchev–Trinajstić information content (AvgIpc) is 2.30. The van der Waals surface area contributed by atoms with E-state index in [1.807, 2.05) is 0 Å². The second-order valence-corrected chi connectivity index (χ2v) is 2.85. The van der Waals surface area contributed by atoms with Gasteiger partial charge < -0.3 is 9.72 Å². The summed E-state index contributed by atoms with van der Waals surface area (Å²) in [5.41, 5.74) is 1.75. The standard InChI is InChI=1S/C6H10BN2O2P/c1-2-11-5(10)3-4(7)9-6(12)8-3/h2,7,12H2,1H3,(H,8,9). The number of nitrogens with zero attached hydrogens (tertiary/aromatic N) is 1. The molecule has 1 aromatic heterocycles. The molecule has 6 heteroatoms. The van der Waals surface area contributed by atoms with Crippen molar-refractivity contribution in [2.24, 2.45) is 0 Å². The summed E-state index contributed by atoms with van der Waals surface area (Å²) in [5, 5.41) is 0. The Bertz CT molecular complexity index is 300. The quantitative estimate of drug-likeness (QED) is 0.340. The van der Waals surface area contributed by atoms with Crippen molar-refractivity contribution in [1.29, 1.82) is 0 Å². The third kappa shape index (κ3) is 1.86. The lowest BCUT2D eigenvalue weighted by Gasteiger charge is -1.98. The first-order valence-electron chi connectivity index (χ1n) is 3.64. The van der Waals surface area contributed by atoms with Crippen LogP contribution in [0.15, 0.2) is 0 Å². The van der Waals surface area contributed by atoms with Gasteiger partial charge >= 0.3 is 5.97 Å². The number of aromatic amines is 1. The van der Waals surface area contributed by atoms with Crippen molar-refractivity contribution in [3.05, 3.63) is 5.69 Å². The van der Waals surface area contributed by atoms with E-state index >= 15 is 0 Å². The number of ether oxygens (including phenoxy) is 1. The van der Waals surface area contributed by atoms with Gasteiger partial charge in [0.2, 0.25) is 0 Å². The highest BCUT2D eigenvalue weighted by molar-refractivity contribution is 7.26. The van der Waals surface area contributed by atoms with E-state index in [0.29, 0.717) is 23.5 Å². The Kier molecular flexibility index (Phi) is 2.87. The van der Waals surface area contributed by atoms with Crippen molar-refractivity contribution in [3.8, 4) is 0 Å². The molecule has 0 fully saturated rings. The van der Waals surface area contributed by atoms with Gasteiger partial charge in [0.15, 0.2) is 7.85 Å². The first kappa shape index (κ1) is 9.26. The largest absolute Gasteiger partial charge is 0.461 e. The lowest BCUT2D eigenvalue weighted by Crippen LogP contribution is -2.17. The highest BCUT2D eigenvalue weighted by atomic mass is 31.0. The molecule has 12 heavy (non-hydrogen) atoms. The number of hydrogen-bond acceptors (Lipinski definition) is 3. The zero-order valence-corrected chi connectivity index (χ0v) is 8.20. The molecule has 0 amide bonds. The summed E-state index contributed by atoms with van der Waals surface area (Å²) in [7, 11) is 4.15. The molecule has 1 N–H and O–H groups in total. The van der Waals surface area contributed by atoms with Gasteiger partial charge in [0.05, 0.1) is 6.61 Å². The molecule has 0 aliphatic rings. The van der Waals surface area contributed by atoms with Crippen LogP contribution in [0, 0.1) is 0 Å². The Balaban J connectivity index is 2.87. The molecule has 0 aliphatic heterocycles. The predicted molar refractivity (Wildman–Crippen MR) is 52.1 cm³/mol. The molecule has 1 aromatic rings. The van der Waals surface area contributed by atoms with Crippen LogP contribution in [0.5, 0.6) is 0 Å². The molecule has 1 atom stereocenters. The number of aromatic nitrogens is 2. The highest BCUT2D eigenvalue weighted by Crippen LogP contribution is 1.92. The van der Waals surface area contributed by atoms with Crippen LogP contribution in [-0.4, -0.2) is 30.4 Å².